The highest BCUT2D eigenvalue weighted by atomic mass is 16.7. The summed E-state index contributed by atoms with van der Waals surface area (Å²) in [5.41, 5.74) is 0. The molecule has 9 nitrogen and oxygen atoms in total. The van der Waals surface area contributed by atoms with Crippen LogP contribution in [0.15, 0.2) is 0 Å². The van der Waals surface area contributed by atoms with Gasteiger partial charge in [-0.2, -0.15) is 0 Å². The summed E-state index contributed by atoms with van der Waals surface area (Å²) in [6.07, 6.45) is 30.4. The zero-order chi connectivity index (χ0) is 37.8. The molecule has 0 rings (SSSR count). The van der Waals surface area contributed by atoms with Crippen LogP contribution in [-0.2, 0) is 33.3 Å². The molecule has 9 heteroatoms. The van der Waals surface area contributed by atoms with Crippen molar-refractivity contribution in [3.63, 3.8) is 0 Å². The Bertz CT molecular complexity index is 815. The van der Waals surface area contributed by atoms with E-state index in [-0.39, 0.29) is 32.2 Å². The van der Waals surface area contributed by atoms with Crippen molar-refractivity contribution < 1.29 is 42.9 Å². The van der Waals surface area contributed by atoms with E-state index in [0.29, 0.717) is 17.4 Å². The first kappa shape index (κ1) is 49.3. The molecule has 0 saturated heterocycles. The van der Waals surface area contributed by atoms with Crippen molar-refractivity contribution in [2.24, 2.45) is 0 Å². The summed E-state index contributed by atoms with van der Waals surface area (Å²) in [5.74, 6) is -2.00. The fourth-order valence-electron chi connectivity index (χ4n) is 6.01. The van der Waals surface area contributed by atoms with E-state index in [2.05, 4.69) is 13.8 Å². The van der Waals surface area contributed by atoms with E-state index in [1.165, 1.54) is 128 Å². The number of nitrogens with zero attached hydrogens (tertiary/aromatic N) is 1. The number of carboxylic acid groups (broad SMARTS) is 1. The molecule has 1 N–H and O–H groups in total. The molecular formula is C42H82NO8+. The van der Waals surface area contributed by atoms with Gasteiger partial charge in [0.1, 0.15) is 13.2 Å². The third-order valence-electron chi connectivity index (χ3n) is 9.36. The van der Waals surface area contributed by atoms with Crippen LogP contribution in [-0.4, -0.2) is 87.4 Å². The fraction of sp³-hybridized carbons (Fsp3) is 0.929. The molecule has 0 aromatic heterocycles. The first-order valence-corrected chi connectivity index (χ1v) is 21.2. The standard InChI is InChI=1S/C42H81NO8/c1-6-8-10-12-14-15-16-17-18-19-20-21-22-23-24-25-27-29-31-33-40(45)51-38(36-49-39(44)32-30-28-26-13-11-9-7-2)37-50-42(41(46)47)48-35-34-43(3,4)5/h38,42H,6-37H2,1-5H3/p+1. The molecule has 0 aliphatic heterocycles. The molecule has 302 valence electrons. The van der Waals surface area contributed by atoms with Crippen LogP contribution < -0.4 is 0 Å². The van der Waals surface area contributed by atoms with Gasteiger partial charge in [0.05, 0.1) is 34.4 Å². The SMILES string of the molecule is CCCCCCCCCCCCCCCCCCCCCC(=O)OC(COC(=O)CCCCCCCCC)COC(OCC[N+](C)(C)C)C(=O)O. The smallest absolute Gasteiger partial charge is 0.361 e. The zero-order valence-corrected chi connectivity index (χ0v) is 34.0. The number of rotatable bonds is 39. The lowest BCUT2D eigenvalue weighted by Gasteiger charge is -2.25. The highest BCUT2D eigenvalue weighted by Crippen LogP contribution is 2.16. The van der Waals surface area contributed by atoms with Gasteiger partial charge < -0.3 is 28.5 Å². The monoisotopic (exact) mass is 729 g/mol. The normalized spacial score (nSPS) is 12.9. The van der Waals surface area contributed by atoms with E-state index in [1.807, 2.05) is 21.1 Å². The molecule has 0 aliphatic carbocycles. The highest BCUT2D eigenvalue weighted by Gasteiger charge is 2.25. The van der Waals surface area contributed by atoms with E-state index < -0.39 is 24.3 Å². The fourth-order valence-corrected chi connectivity index (χ4v) is 6.01. The Hall–Kier alpha value is -1.71. The van der Waals surface area contributed by atoms with Gasteiger partial charge in [0.2, 0.25) is 0 Å². The second-order valence-corrected chi connectivity index (χ2v) is 15.7. The lowest BCUT2D eigenvalue weighted by atomic mass is 10.0. The van der Waals surface area contributed by atoms with E-state index in [0.717, 1.165) is 38.5 Å². The molecule has 2 atom stereocenters. The summed E-state index contributed by atoms with van der Waals surface area (Å²) >= 11 is 0. The average molecular weight is 729 g/mol. The van der Waals surface area contributed by atoms with Crippen LogP contribution in [0.5, 0.6) is 0 Å². The molecule has 0 aliphatic rings. The Morgan fingerprint density at radius 3 is 1.25 bits per heavy atom. The maximum atomic E-state index is 12.7. The molecule has 0 radical (unpaired) electrons. The lowest BCUT2D eigenvalue weighted by Crippen LogP contribution is -2.40. The number of carbonyl (C=O) groups excluding carboxylic acids is 2. The van der Waals surface area contributed by atoms with Crippen LogP contribution in [0.3, 0.4) is 0 Å². The summed E-state index contributed by atoms with van der Waals surface area (Å²) in [4.78, 5) is 36.8. The largest absolute Gasteiger partial charge is 0.477 e. The molecule has 0 saturated carbocycles. The Morgan fingerprint density at radius 2 is 0.882 bits per heavy atom. The number of quaternary nitrogens is 1. The highest BCUT2D eigenvalue weighted by molar-refractivity contribution is 5.71. The third kappa shape index (κ3) is 36.4. The lowest BCUT2D eigenvalue weighted by molar-refractivity contribution is -0.870. The third-order valence-corrected chi connectivity index (χ3v) is 9.36. The molecular weight excluding hydrogens is 646 g/mol. The number of hydrogen-bond acceptors (Lipinski definition) is 7. The van der Waals surface area contributed by atoms with Gasteiger partial charge in [-0.1, -0.05) is 168 Å². The molecule has 2 unspecified atom stereocenters. The molecule has 0 amide bonds. The van der Waals surface area contributed by atoms with Crippen LogP contribution in [0.25, 0.3) is 0 Å². The van der Waals surface area contributed by atoms with Gasteiger partial charge >= 0.3 is 17.9 Å². The van der Waals surface area contributed by atoms with Gasteiger partial charge in [-0.25, -0.2) is 4.79 Å². The van der Waals surface area contributed by atoms with Gasteiger partial charge in [-0.15, -0.1) is 0 Å². The Morgan fingerprint density at radius 1 is 0.510 bits per heavy atom. The van der Waals surface area contributed by atoms with Crippen molar-refractivity contribution in [2.45, 2.75) is 206 Å². The molecule has 0 spiro atoms. The molecule has 0 heterocycles. The van der Waals surface area contributed by atoms with Crippen LogP contribution >= 0.6 is 0 Å². The Kier molecular flexibility index (Phi) is 34.1. The number of ether oxygens (including phenoxy) is 4. The topological polar surface area (TPSA) is 108 Å². The number of carbonyl (C=O) groups is 3. The van der Waals surface area contributed by atoms with Gasteiger partial charge in [-0.3, -0.25) is 9.59 Å². The van der Waals surface area contributed by atoms with Crippen LogP contribution in [0, 0.1) is 0 Å². The summed E-state index contributed by atoms with van der Waals surface area (Å²) in [6.45, 7) is 4.84. The second kappa shape index (κ2) is 35.3. The maximum absolute atomic E-state index is 12.7. The van der Waals surface area contributed by atoms with Crippen molar-refractivity contribution in [1.29, 1.82) is 0 Å². The predicted octanol–water partition coefficient (Wildman–Crippen LogP) is 10.6. The van der Waals surface area contributed by atoms with Crippen molar-refractivity contribution in [3.8, 4) is 0 Å². The number of hydrogen-bond donors (Lipinski definition) is 1. The number of carboxylic acids is 1. The minimum Gasteiger partial charge on any atom is -0.477 e. The van der Waals surface area contributed by atoms with Crippen LogP contribution in [0.4, 0.5) is 0 Å². The van der Waals surface area contributed by atoms with Gasteiger partial charge in [0, 0.05) is 12.8 Å². The van der Waals surface area contributed by atoms with Gasteiger partial charge in [0.25, 0.3) is 6.29 Å². The van der Waals surface area contributed by atoms with E-state index in [9.17, 15) is 19.5 Å². The van der Waals surface area contributed by atoms with Crippen molar-refractivity contribution in [2.75, 3.05) is 47.5 Å². The van der Waals surface area contributed by atoms with E-state index in [1.54, 1.807) is 0 Å². The molecule has 0 aromatic rings. The second-order valence-electron chi connectivity index (χ2n) is 15.7. The number of esters is 2. The van der Waals surface area contributed by atoms with Crippen LogP contribution in [0.2, 0.25) is 0 Å². The van der Waals surface area contributed by atoms with Gasteiger partial charge in [-0.05, 0) is 12.8 Å². The number of unbranched alkanes of at least 4 members (excludes halogenated alkanes) is 24. The first-order valence-electron chi connectivity index (χ1n) is 21.2. The van der Waals surface area contributed by atoms with Crippen molar-refractivity contribution in [3.05, 3.63) is 0 Å². The predicted molar refractivity (Wildman–Crippen MR) is 208 cm³/mol. The Balaban J connectivity index is 4.30. The van der Waals surface area contributed by atoms with Crippen LogP contribution in [0.1, 0.15) is 194 Å². The molecule has 51 heavy (non-hydrogen) atoms. The minimum absolute atomic E-state index is 0.175. The summed E-state index contributed by atoms with van der Waals surface area (Å²) in [7, 11) is 5.95. The summed E-state index contributed by atoms with van der Waals surface area (Å²) in [6, 6.07) is 0. The van der Waals surface area contributed by atoms with Gasteiger partial charge in [0.15, 0.2) is 6.10 Å². The Labute approximate surface area is 313 Å². The van der Waals surface area contributed by atoms with E-state index >= 15 is 0 Å². The molecule has 0 fully saturated rings. The zero-order valence-electron chi connectivity index (χ0n) is 34.0. The van der Waals surface area contributed by atoms with Crippen molar-refractivity contribution in [1.82, 2.24) is 0 Å². The summed E-state index contributed by atoms with van der Waals surface area (Å²) in [5, 5.41) is 9.58. The minimum atomic E-state index is -1.50. The summed E-state index contributed by atoms with van der Waals surface area (Å²) < 4.78 is 22.6. The maximum Gasteiger partial charge on any atom is 0.361 e. The molecule has 0 bridgehead atoms. The quantitative estimate of drug-likeness (QED) is 0.0288. The number of likely N-dealkylation sites (N-methyl/N-ethyl adjacent to an activating group) is 1. The average Bonchev–Trinajstić information content (AvgIpc) is 3.08. The first-order chi connectivity index (χ1) is 24.6. The van der Waals surface area contributed by atoms with E-state index in [4.69, 9.17) is 18.9 Å². The molecule has 0 aromatic carbocycles. The van der Waals surface area contributed by atoms with Crippen molar-refractivity contribution >= 4 is 17.9 Å². The number of aliphatic carboxylic acids is 1.